The SMILES string of the molecule is Nc1ccc(CN(CC(F)F)c2ccoc2)cn1. The van der Waals surface area contributed by atoms with E-state index < -0.39 is 6.43 Å². The molecule has 0 aromatic carbocycles. The average molecular weight is 253 g/mol. The minimum Gasteiger partial charge on any atom is -0.470 e. The molecule has 0 saturated carbocycles. The van der Waals surface area contributed by atoms with E-state index in [0.717, 1.165) is 5.56 Å². The van der Waals surface area contributed by atoms with Crippen LogP contribution in [0.2, 0.25) is 0 Å². The number of aromatic nitrogens is 1. The van der Waals surface area contributed by atoms with E-state index in [1.54, 1.807) is 24.4 Å². The highest BCUT2D eigenvalue weighted by atomic mass is 19.3. The Balaban J connectivity index is 2.12. The van der Waals surface area contributed by atoms with Crippen molar-refractivity contribution in [2.75, 3.05) is 17.2 Å². The molecule has 2 heterocycles. The van der Waals surface area contributed by atoms with Gasteiger partial charge in [0, 0.05) is 12.7 Å². The zero-order chi connectivity index (χ0) is 13.0. The standard InChI is InChI=1S/C12H13F2N3O/c13-11(14)7-17(10-3-4-18-8-10)6-9-1-2-12(15)16-5-9/h1-5,8,11H,6-7H2,(H2,15,16). The van der Waals surface area contributed by atoms with E-state index >= 15 is 0 Å². The lowest BCUT2D eigenvalue weighted by molar-refractivity contribution is 0.154. The van der Waals surface area contributed by atoms with Gasteiger partial charge in [-0.1, -0.05) is 6.07 Å². The smallest absolute Gasteiger partial charge is 0.255 e. The highest BCUT2D eigenvalue weighted by molar-refractivity contribution is 5.44. The van der Waals surface area contributed by atoms with Crippen molar-refractivity contribution in [1.29, 1.82) is 0 Å². The largest absolute Gasteiger partial charge is 0.470 e. The van der Waals surface area contributed by atoms with Gasteiger partial charge in [-0.05, 0) is 17.7 Å². The van der Waals surface area contributed by atoms with Crippen LogP contribution in [0.4, 0.5) is 20.3 Å². The third-order valence-corrected chi connectivity index (χ3v) is 2.45. The second-order valence-corrected chi connectivity index (χ2v) is 3.84. The summed E-state index contributed by atoms with van der Waals surface area (Å²) in [7, 11) is 0. The van der Waals surface area contributed by atoms with Gasteiger partial charge in [0.1, 0.15) is 12.1 Å². The molecule has 2 rings (SSSR count). The zero-order valence-corrected chi connectivity index (χ0v) is 9.59. The van der Waals surface area contributed by atoms with Crippen molar-refractivity contribution in [3.63, 3.8) is 0 Å². The molecule has 96 valence electrons. The van der Waals surface area contributed by atoms with Crippen LogP contribution in [0.1, 0.15) is 5.56 Å². The van der Waals surface area contributed by atoms with Crippen LogP contribution in [0.5, 0.6) is 0 Å². The first-order valence-corrected chi connectivity index (χ1v) is 5.41. The fraction of sp³-hybridized carbons (Fsp3) is 0.250. The Labute approximate surface area is 103 Å². The third-order valence-electron chi connectivity index (χ3n) is 2.45. The summed E-state index contributed by atoms with van der Waals surface area (Å²) in [6.45, 7) is -0.0267. The summed E-state index contributed by atoms with van der Waals surface area (Å²) in [5.41, 5.74) is 6.90. The summed E-state index contributed by atoms with van der Waals surface area (Å²) in [6.07, 6.45) is 2.05. The molecule has 2 N–H and O–H groups in total. The Morgan fingerprint density at radius 1 is 1.33 bits per heavy atom. The highest BCUT2D eigenvalue weighted by Crippen LogP contribution is 2.19. The summed E-state index contributed by atoms with van der Waals surface area (Å²) in [4.78, 5) is 5.46. The number of anilines is 2. The number of nitrogens with zero attached hydrogens (tertiary/aromatic N) is 2. The molecule has 0 unspecified atom stereocenters. The van der Waals surface area contributed by atoms with E-state index in [-0.39, 0.29) is 6.54 Å². The number of hydrogen-bond acceptors (Lipinski definition) is 4. The second-order valence-electron chi connectivity index (χ2n) is 3.84. The van der Waals surface area contributed by atoms with E-state index in [4.69, 9.17) is 10.2 Å². The Morgan fingerprint density at radius 2 is 2.17 bits per heavy atom. The van der Waals surface area contributed by atoms with Crippen LogP contribution in [-0.4, -0.2) is 18.0 Å². The van der Waals surface area contributed by atoms with Crippen molar-refractivity contribution < 1.29 is 13.2 Å². The van der Waals surface area contributed by atoms with Gasteiger partial charge in [0.25, 0.3) is 6.43 Å². The number of hydrogen-bond donors (Lipinski definition) is 1. The van der Waals surface area contributed by atoms with Gasteiger partial charge in [0.2, 0.25) is 0 Å². The van der Waals surface area contributed by atoms with Crippen molar-refractivity contribution in [3.05, 3.63) is 42.5 Å². The number of nitrogens with two attached hydrogens (primary N) is 1. The predicted molar refractivity (Wildman–Crippen MR) is 64.4 cm³/mol. The molecule has 0 saturated heterocycles. The van der Waals surface area contributed by atoms with Gasteiger partial charge in [0.05, 0.1) is 18.5 Å². The normalized spacial score (nSPS) is 10.8. The number of nitrogen functional groups attached to an aromatic ring is 1. The topological polar surface area (TPSA) is 55.3 Å². The van der Waals surface area contributed by atoms with Crippen molar-refractivity contribution in [2.45, 2.75) is 13.0 Å². The summed E-state index contributed by atoms with van der Waals surface area (Å²) in [5.74, 6) is 0.405. The molecule has 6 heteroatoms. The molecule has 0 spiro atoms. The van der Waals surface area contributed by atoms with Gasteiger partial charge >= 0.3 is 0 Å². The molecule has 0 aliphatic carbocycles. The van der Waals surface area contributed by atoms with Crippen molar-refractivity contribution in [2.24, 2.45) is 0 Å². The van der Waals surface area contributed by atoms with Crippen LogP contribution in [0.15, 0.2) is 41.3 Å². The van der Waals surface area contributed by atoms with Crippen LogP contribution in [0.3, 0.4) is 0 Å². The van der Waals surface area contributed by atoms with E-state index in [1.165, 1.54) is 17.4 Å². The first-order valence-electron chi connectivity index (χ1n) is 5.41. The first-order chi connectivity index (χ1) is 8.65. The Kier molecular flexibility index (Phi) is 3.76. The van der Waals surface area contributed by atoms with Crippen molar-refractivity contribution in [3.8, 4) is 0 Å². The molecule has 0 amide bonds. The highest BCUT2D eigenvalue weighted by Gasteiger charge is 2.14. The third kappa shape index (κ3) is 3.19. The summed E-state index contributed by atoms with van der Waals surface area (Å²) < 4.78 is 30.0. The number of furan rings is 1. The molecular formula is C12H13F2N3O. The fourth-order valence-electron chi connectivity index (χ4n) is 1.61. The maximum Gasteiger partial charge on any atom is 0.255 e. The molecule has 0 aliphatic rings. The average Bonchev–Trinajstić information content (AvgIpc) is 2.84. The lowest BCUT2D eigenvalue weighted by Crippen LogP contribution is -2.28. The molecule has 0 radical (unpaired) electrons. The van der Waals surface area contributed by atoms with Gasteiger partial charge in [-0.15, -0.1) is 0 Å². The summed E-state index contributed by atoms with van der Waals surface area (Å²) >= 11 is 0. The second kappa shape index (κ2) is 5.48. The van der Waals surface area contributed by atoms with Crippen molar-refractivity contribution in [1.82, 2.24) is 4.98 Å². The summed E-state index contributed by atoms with van der Waals surface area (Å²) in [5, 5.41) is 0. The van der Waals surface area contributed by atoms with E-state index in [9.17, 15) is 8.78 Å². The number of rotatable bonds is 5. The van der Waals surface area contributed by atoms with Gasteiger partial charge < -0.3 is 15.1 Å². The Hall–Kier alpha value is -2.11. The van der Waals surface area contributed by atoms with Crippen molar-refractivity contribution >= 4 is 11.5 Å². The molecule has 2 aromatic heterocycles. The number of pyridine rings is 1. The van der Waals surface area contributed by atoms with Gasteiger partial charge in [0.15, 0.2) is 0 Å². The molecule has 2 aromatic rings. The summed E-state index contributed by atoms with van der Waals surface area (Å²) in [6, 6.07) is 5.05. The molecule has 4 nitrogen and oxygen atoms in total. The van der Waals surface area contributed by atoms with E-state index in [0.29, 0.717) is 18.1 Å². The van der Waals surface area contributed by atoms with Gasteiger partial charge in [-0.2, -0.15) is 0 Å². The molecule has 0 aliphatic heterocycles. The fourth-order valence-corrected chi connectivity index (χ4v) is 1.61. The molecule has 0 fully saturated rings. The van der Waals surface area contributed by atoms with Crippen LogP contribution < -0.4 is 10.6 Å². The number of alkyl halides is 2. The number of halogens is 2. The van der Waals surface area contributed by atoms with Crippen LogP contribution in [0.25, 0.3) is 0 Å². The minimum absolute atomic E-state index is 0.331. The maximum absolute atomic E-state index is 12.5. The Morgan fingerprint density at radius 3 is 2.72 bits per heavy atom. The Bertz CT molecular complexity index is 471. The zero-order valence-electron chi connectivity index (χ0n) is 9.59. The van der Waals surface area contributed by atoms with Crippen LogP contribution in [0, 0.1) is 0 Å². The molecule has 0 bridgehead atoms. The van der Waals surface area contributed by atoms with E-state index in [1.807, 2.05) is 0 Å². The van der Waals surface area contributed by atoms with Gasteiger partial charge in [-0.25, -0.2) is 13.8 Å². The lowest BCUT2D eigenvalue weighted by Gasteiger charge is -2.22. The predicted octanol–water partition coefficient (Wildman–Crippen LogP) is 2.53. The monoisotopic (exact) mass is 253 g/mol. The van der Waals surface area contributed by atoms with E-state index in [2.05, 4.69) is 4.98 Å². The van der Waals surface area contributed by atoms with Gasteiger partial charge in [-0.3, -0.25) is 0 Å². The molecule has 18 heavy (non-hydrogen) atoms. The van der Waals surface area contributed by atoms with Crippen LogP contribution in [-0.2, 0) is 6.54 Å². The lowest BCUT2D eigenvalue weighted by atomic mass is 10.2. The minimum atomic E-state index is -2.42. The van der Waals surface area contributed by atoms with Crippen LogP contribution >= 0.6 is 0 Å². The quantitative estimate of drug-likeness (QED) is 0.889. The maximum atomic E-state index is 12.5. The molecule has 0 atom stereocenters. The first kappa shape index (κ1) is 12.3. The molecular weight excluding hydrogens is 240 g/mol.